The Morgan fingerprint density at radius 1 is 1.00 bits per heavy atom. The second kappa shape index (κ2) is 11.3. The van der Waals surface area contributed by atoms with Crippen molar-refractivity contribution in [3.63, 3.8) is 0 Å². The van der Waals surface area contributed by atoms with Crippen LogP contribution in [0, 0.1) is 0 Å². The summed E-state index contributed by atoms with van der Waals surface area (Å²) in [5.41, 5.74) is -0.0112. The molecule has 0 fully saturated rings. The van der Waals surface area contributed by atoms with Crippen LogP contribution in [-0.2, 0) is 14.8 Å². The molecule has 1 aromatic carbocycles. The molecule has 4 amide bonds. The van der Waals surface area contributed by atoms with Gasteiger partial charge in [0.1, 0.15) is 16.5 Å². The molecule has 2 rings (SSSR count). The molecule has 0 saturated carbocycles. The maximum Gasteiger partial charge on any atom is 0.334 e. The zero-order valence-electron chi connectivity index (χ0n) is 19.5. The van der Waals surface area contributed by atoms with Gasteiger partial charge in [0, 0.05) is 37.8 Å². The lowest BCUT2D eigenvalue weighted by atomic mass is 10.1. The normalized spacial score (nSPS) is 10.7. The number of urea groups is 1. The lowest BCUT2D eigenvalue weighted by Crippen LogP contribution is -2.37. The number of hydrogen-bond acceptors (Lipinski definition) is 8. The number of sulfonamides is 1. The summed E-state index contributed by atoms with van der Waals surface area (Å²) in [5, 5.41) is 4.76. The van der Waals surface area contributed by atoms with Crippen molar-refractivity contribution in [2.75, 3.05) is 37.9 Å². The van der Waals surface area contributed by atoms with Gasteiger partial charge in [-0.15, -0.1) is 0 Å². The van der Waals surface area contributed by atoms with Crippen molar-refractivity contribution in [1.29, 1.82) is 0 Å². The molecule has 0 aliphatic carbocycles. The van der Waals surface area contributed by atoms with Crippen LogP contribution in [0.15, 0.2) is 35.2 Å². The molecule has 3 N–H and O–H groups in total. The van der Waals surface area contributed by atoms with Gasteiger partial charge in [0.2, 0.25) is 11.8 Å². The highest BCUT2D eigenvalue weighted by molar-refractivity contribution is 7.90. The Balaban J connectivity index is 2.42. The fourth-order valence-electron chi connectivity index (χ4n) is 2.97. The number of methoxy groups -OCH3 is 2. The Hall–Kier alpha value is -3.87. The number of nitrogens with zero attached hydrogens (tertiary/aromatic N) is 2. The number of amides is 4. The Kier molecular flexibility index (Phi) is 8.78. The van der Waals surface area contributed by atoms with Gasteiger partial charge in [-0.05, 0) is 32.0 Å². The number of anilines is 2. The van der Waals surface area contributed by atoms with E-state index in [4.69, 9.17) is 9.47 Å². The molecule has 12 nitrogen and oxygen atoms in total. The molecule has 0 aliphatic heterocycles. The van der Waals surface area contributed by atoms with Crippen LogP contribution in [0.2, 0.25) is 0 Å². The van der Waals surface area contributed by atoms with E-state index in [9.17, 15) is 22.8 Å². The third-order valence-corrected chi connectivity index (χ3v) is 5.93. The Morgan fingerprint density at radius 3 is 2.24 bits per heavy atom. The molecule has 1 aromatic heterocycles. The van der Waals surface area contributed by atoms with Crippen LogP contribution in [0.1, 0.15) is 31.1 Å². The fourth-order valence-corrected chi connectivity index (χ4v) is 4.10. The number of benzene rings is 1. The summed E-state index contributed by atoms with van der Waals surface area (Å²) >= 11 is 0. The van der Waals surface area contributed by atoms with Crippen molar-refractivity contribution in [2.45, 2.75) is 25.7 Å². The third kappa shape index (κ3) is 6.57. The first-order valence-electron chi connectivity index (χ1n) is 10.2. The average Bonchev–Trinajstić information content (AvgIpc) is 2.78. The number of ether oxygens (including phenoxy) is 2. The van der Waals surface area contributed by atoms with Gasteiger partial charge in [-0.3, -0.25) is 14.9 Å². The quantitative estimate of drug-likeness (QED) is 0.479. The van der Waals surface area contributed by atoms with Crippen LogP contribution in [0.5, 0.6) is 11.6 Å². The van der Waals surface area contributed by atoms with Gasteiger partial charge in [-0.2, -0.15) is 4.98 Å². The molecule has 2 aromatic rings. The first-order chi connectivity index (χ1) is 16.0. The van der Waals surface area contributed by atoms with E-state index in [2.05, 4.69) is 15.6 Å². The first kappa shape index (κ1) is 26.4. The molecule has 34 heavy (non-hydrogen) atoms. The first-order valence-corrected chi connectivity index (χ1v) is 11.7. The number of carbonyl (C=O) groups is 3. The minimum absolute atomic E-state index is 0.0321. The van der Waals surface area contributed by atoms with E-state index in [0.717, 1.165) is 6.07 Å². The molecule has 1 heterocycles. The molecule has 0 atom stereocenters. The molecule has 0 spiro atoms. The second-order valence-corrected chi connectivity index (χ2v) is 8.51. The highest BCUT2D eigenvalue weighted by Crippen LogP contribution is 2.24. The maximum absolute atomic E-state index is 13.1. The van der Waals surface area contributed by atoms with Crippen molar-refractivity contribution in [3.8, 4) is 11.6 Å². The molecule has 0 saturated heterocycles. The summed E-state index contributed by atoms with van der Waals surface area (Å²) in [6.07, 6.45) is 0. The fraction of sp³-hybridized carbons (Fsp3) is 0.333. The molecule has 184 valence electrons. The van der Waals surface area contributed by atoms with Gasteiger partial charge in [0.15, 0.2) is 0 Å². The van der Waals surface area contributed by atoms with Gasteiger partial charge in [-0.1, -0.05) is 0 Å². The number of rotatable bonds is 9. The van der Waals surface area contributed by atoms with Crippen molar-refractivity contribution in [2.24, 2.45) is 0 Å². The average molecular weight is 494 g/mol. The van der Waals surface area contributed by atoms with Crippen molar-refractivity contribution in [1.82, 2.24) is 14.6 Å². The maximum atomic E-state index is 13.1. The zero-order valence-corrected chi connectivity index (χ0v) is 20.3. The third-order valence-electron chi connectivity index (χ3n) is 4.56. The van der Waals surface area contributed by atoms with Crippen LogP contribution in [0.3, 0.4) is 0 Å². The van der Waals surface area contributed by atoms with E-state index in [1.165, 1.54) is 50.3 Å². The smallest absolute Gasteiger partial charge is 0.334 e. The molecular formula is C21H27N5O7S. The summed E-state index contributed by atoms with van der Waals surface area (Å²) in [6, 6.07) is 5.51. The van der Waals surface area contributed by atoms with Crippen molar-refractivity contribution in [3.05, 3.63) is 35.9 Å². The minimum Gasteiger partial charge on any atom is -0.496 e. The van der Waals surface area contributed by atoms with Crippen LogP contribution >= 0.6 is 0 Å². The highest BCUT2D eigenvalue weighted by Gasteiger charge is 2.27. The van der Waals surface area contributed by atoms with E-state index in [1.807, 2.05) is 4.72 Å². The number of carbonyl (C=O) groups excluding carboxylic acids is 3. The monoisotopic (exact) mass is 493 g/mol. The number of nitrogens with one attached hydrogen (secondary N) is 3. The van der Waals surface area contributed by atoms with Crippen LogP contribution in [0.25, 0.3) is 0 Å². The highest BCUT2D eigenvalue weighted by atomic mass is 32.2. The minimum atomic E-state index is -4.55. The second-order valence-electron chi connectivity index (χ2n) is 6.86. The molecule has 13 heteroatoms. The summed E-state index contributed by atoms with van der Waals surface area (Å²) in [7, 11) is -1.78. The van der Waals surface area contributed by atoms with E-state index < -0.39 is 32.8 Å². The number of hydrogen-bond donors (Lipinski definition) is 3. The Bertz CT molecular complexity index is 1160. The van der Waals surface area contributed by atoms with Crippen molar-refractivity contribution >= 4 is 39.4 Å². The van der Waals surface area contributed by atoms with Crippen LogP contribution in [-0.4, -0.2) is 63.5 Å². The van der Waals surface area contributed by atoms with E-state index >= 15 is 0 Å². The standard InChI is InChI=1S/C21H27N5O7S/c1-6-26(7-2)20(28)16-9-8-14(22-13(3)27)10-17(16)34(30,31)25-21(29)24-18-11-15(32-4)12-19(23-18)33-5/h8-12H,6-7H2,1-5H3,(H,22,27)(H2,23,24,25,29). The Labute approximate surface area is 197 Å². The van der Waals surface area contributed by atoms with Gasteiger partial charge in [0.05, 0.1) is 19.8 Å². The largest absolute Gasteiger partial charge is 0.496 e. The van der Waals surface area contributed by atoms with Crippen LogP contribution < -0.4 is 24.8 Å². The van der Waals surface area contributed by atoms with E-state index in [0.29, 0.717) is 18.8 Å². The topological polar surface area (TPSA) is 156 Å². The zero-order chi connectivity index (χ0) is 25.5. The predicted octanol–water partition coefficient (Wildman–Crippen LogP) is 2.05. The van der Waals surface area contributed by atoms with Gasteiger partial charge in [-0.25, -0.2) is 17.9 Å². The number of aromatic nitrogens is 1. The summed E-state index contributed by atoms with van der Waals surface area (Å²) in [4.78, 5) is 41.8. The van der Waals surface area contributed by atoms with Gasteiger partial charge < -0.3 is 19.7 Å². The molecular weight excluding hydrogens is 466 g/mol. The lowest BCUT2D eigenvalue weighted by molar-refractivity contribution is -0.114. The molecule has 0 aliphatic rings. The molecule has 0 bridgehead atoms. The lowest BCUT2D eigenvalue weighted by Gasteiger charge is -2.21. The molecule has 0 radical (unpaired) electrons. The SMILES string of the molecule is CCN(CC)C(=O)c1ccc(NC(C)=O)cc1S(=O)(=O)NC(=O)Nc1cc(OC)cc(OC)n1. The predicted molar refractivity (Wildman–Crippen MR) is 125 cm³/mol. The number of pyridine rings is 1. The van der Waals surface area contributed by atoms with E-state index in [-0.39, 0.29) is 22.9 Å². The van der Waals surface area contributed by atoms with Crippen LogP contribution in [0.4, 0.5) is 16.3 Å². The summed E-state index contributed by atoms with van der Waals surface area (Å²) in [5.74, 6) is -0.558. The summed E-state index contributed by atoms with van der Waals surface area (Å²) < 4.78 is 38.2. The van der Waals surface area contributed by atoms with Gasteiger partial charge >= 0.3 is 6.03 Å². The molecule has 0 unspecified atom stereocenters. The summed E-state index contributed by atoms with van der Waals surface area (Å²) in [6.45, 7) is 5.45. The van der Waals surface area contributed by atoms with Crippen molar-refractivity contribution < 1.29 is 32.3 Å². The van der Waals surface area contributed by atoms with E-state index in [1.54, 1.807) is 13.8 Å². The Morgan fingerprint density at radius 2 is 1.68 bits per heavy atom. The van der Waals surface area contributed by atoms with Gasteiger partial charge in [0.25, 0.3) is 15.9 Å².